The van der Waals surface area contributed by atoms with Crippen LogP contribution in [0, 0.1) is 0 Å². The predicted molar refractivity (Wildman–Crippen MR) is 113 cm³/mol. The molecule has 0 heterocycles. The van der Waals surface area contributed by atoms with Gasteiger partial charge in [-0.05, 0) is 25.8 Å². The Morgan fingerprint density at radius 1 is 0.808 bits per heavy atom. The van der Waals surface area contributed by atoms with E-state index in [1.165, 1.54) is 96.3 Å². The number of carbonyl (C=O) groups excluding carboxylic acids is 1. The summed E-state index contributed by atoms with van der Waals surface area (Å²) in [6.45, 7) is 7.89. The van der Waals surface area contributed by atoms with Gasteiger partial charge in [0.05, 0.1) is 0 Å². The SMILES string of the molecule is C=CC(C)(CCCCCCCCCCCCCCCCCC)OC(N)=O. The average molecular weight is 368 g/mol. The van der Waals surface area contributed by atoms with Crippen LogP contribution in [0.25, 0.3) is 0 Å². The molecular formula is C23H45NO2. The number of hydrogen-bond donors (Lipinski definition) is 1. The van der Waals surface area contributed by atoms with Gasteiger partial charge in [-0.15, -0.1) is 0 Å². The molecule has 0 aromatic rings. The van der Waals surface area contributed by atoms with Crippen molar-refractivity contribution >= 4 is 6.09 Å². The van der Waals surface area contributed by atoms with Crippen molar-refractivity contribution in [2.75, 3.05) is 0 Å². The Kier molecular flexibility index (Phi) is 16.8. The summed E-state index contributed by atoms with van der Waals surface area (Å²) < 4.78 is 5.13. The fraction of sp³-hybridized carbons (Fsp3) is 0.870. The molecule has 1 amide bonds. The van der Waals surface area contributed by atoms with Gasteiger partial charge < -0.3 is 10.5 Å². The van der Waals surface area contributed by atoms with Crippen LogP contribution >= 0.6 is 0 Å². The molecule has 3 nitrogen and oxygen atoms in total. The second-order valence-electron chi connectivity index (χ2n) is 7.99. The molecule has 0 fully saturated rings. The Labute approximate surface area is 163 Å². The maximum absolute atomic E-state index is 10.9. The standard InChI is InChI=1S/C23H45NO2/c1-4-6-7-8-9-10-11-12-13-14-15-16-17-18-19-20-21-23(3,5-2)26-22(24)25/h5H,2,4,6-21H2,1,3H3,(H2,24,25). The predicted octanol–water partition coefficient (Wildman–Crippen LogP) is 7.68. The van der Waals surface area contributed by atoms with Crippen LogP contribution in [0.1, 0.15) is 123 Å². The summed E-state index contributed by atoms with van der Waals surface area (Å²) in [7, 11) is 0. The van der Waals surface area contributed by atoms with Gasteiger partial charge in [-0.1, -0.05) is 110 Å². The lowest BCUT2D eigenvalue weighted by atomic mass is 9.97. The van der Waals surface area contributed by atoms with Crippen LogP contribution < -0.4 is 5.73 Å². The highest BCUT2D eigenvalue weighted by atomic mass is 16.6. The normalized spacial score (nSPS) is 13.3. The van der Waals surface area contributed by atoms with E-state index in [1.807, 2.05) is 6.92 Å². The Bertz CT molecular complexity index is 343. The molecule has 0 aliphatic carbocycles. The Morgan fingerprint density at radius 3 is 1.46 bits per heavy atom. The molecule has 0 saturated heterocycles. The van der Waals surface area contributed by atoms with Gasteiger partial charge in [-0.2, -0.15) is 0 Å². The lowest BCUT2D eigenvalue weighted by Crippen LogP contribution is -2.32. The molecule has 154 valence electrons. The minimum absolute atomic E-state index is 0.609. The third-order valence-electron chi connectivity index (χ3n) is 5.29. The lowest BCUT2D eigenvalue weighted by molar-refractivity contribution is 0.0591. The van der Waals surface area contributed by atoms with Crippen molar-refractivity contribution in [2.24, 2.45) is 5.73 Å². The number of rotatable bonds is 19. The summed E-state index contributed by atoms with van der Waals surface area (Å²) >= 11 is 0. The molecule has 0 aliphatic rings. The second kappa shape index (κ2) is 17.4. The maximum atomic E-state index is 10.9. The molecular weight excluding hydrogens is 322 g/mol. The van der Waals surface area contributed by atoms with Crippen LogP contribution in [0.2, 0.25) is 0 Å². The number of amides is 1. The second-order valence-corrected chi connectivity index (χ2v) is 7.99. The maximum Gasteiger partial charge on any atom is 0.405 e. The Hall–Kier alpha value is -0.990. The third kappa shape index (κ3) is 16.5. The zero-order valence-electron chi connectivity index (χ0n) is 17.7. The van der Waals surface area contributed by atoms with E-state index >= 15 is 0 Å². The summed E-state index contributed by atoms with van der Waals surface area (Å²) in [6, 6.07) is 0. The smallest absolute Gasteiger partial charge is 0.405 e. The van der Waals surface area contributed by atoms with Crippen LogP contribution in [0.5, 0.6) is 0 Å². The van der Waals surface area contributed by atoms with Crippen molar-refractivity contribution in [3.05, 3.63) is 12.7 Å². The van der Waals surface area contributed by atoms with Crippen molar-refractivity contribution in [3.8, 4) is 0 Å². The Morgan fingerprint density at radius 2 is 1.15 bits per heavy atom. The molecule has 0 radical (unpaired) electrons. The summed E-state index contributed by atoms with van der Waals surface area (Å²) in [6.07, 6.45) is 23.5. The molecule has 0 spiro atoms. The van der Waals surface area contributed by atoms with Crippen LogP contribution in [0.4, 0.5) is 4.79 Å². The highest BCUT2D eigenvalue weighted by Gasteiger charge is 2.23. The molecule has 26 heavy (non-hydrogen) atoms. The molecule has 0 aliphatic heterocycles. The van der Waals surface area contributed by atoms with Crippen LogP contribution in [-0.2, 0) is 4.74 Å². The number of nitrogens with two attached hydrogens (primary N) is 1. The Balaban J connectivity index is 3.29. The number of ether oxygens (including phenoxy) is 1. The number of unbranched alkanes of at least 4 members (excludes halogenated alkanes) is 15. The molecule has 0 bridgehead atoms. The van der Waals surface area contributed by atoms with Crippen molar-refractivity contribution in [3.63, 3.8) is 0 Å². The van der Waals surface area contributed by atoms with E-state index in [1.54, 1.807) is 6.08 Å². The summed E-state index contributed by atoms with van der Waals surface area (Å²) in [5.74, 6) is 0. The van der Waals surface area contributed by atoms with E-state index in [-0.39, 0.29) is 0 Å². The minimum Gasteiger partial charge on any atom is -0.439 e. The molecule has 0 rings (SSSR count). The minimum atomic E-state index is -0.719. The van der Waals surface area contributed by atoms with E-state index in [0.717, 1.165) is 12.8 Å². The van der Waals surface area contributed by atoms with Gasteiger partial charge in [0.15, 0.2) is 0 Å². The van der Waals surface area contributed by atoms with Crippen LogP contribution in [0.3, 0.4) is 0 Å². The lowest BCUT2D eigenvalue weighted by Gasteiger charge is -2.24. The molecule has 0 saturated carbocycles. The molecule has 2 N–H and O–H groups in total. The van der Waals surface area contributed by atoms with Gasteiger partial charge in [0.25, 0.3) is 0 Å². The number of carbonyl (C=O) groups is 1. The van der Waals surface area contributed by atoms with Crippen molar-refractivity contribution < 1.29 is 9.53 Å². The first kappa shape index (κ1) is 25.0. The van der Waals surface area contributed by atoms with Gasteiger partial charge in [0.1, 0.15) is 5.60 Å². The molecule has 1 unspecified atom stereocenters. The van der Waals surface area contributed by atoms with Crippen LogP contribution in [0.15, 0.2) is 12.7 Å². The topological polar surface area (TPSA) is 52.3 Å². The van der Waals surface area contributed by atoms with Crippen molar-refractivity contribution in [2.45, 2.75) is 129 Å². The average Bonchev–Trinajstić information content (AvgIpc) is 2.60. The van der Waals surface area contributed by atoms with E-state index < -0.39 is 11.7 Å². The first-order valence-corrected chi connectivity index (χ1v) is 11.2. The first-order valence-electron chi connectivity index (χ1n) is 11.2. The highest BCUT2D eigenvalue weighted by molar-refractivity contribution is 5.65. The van der Waals surface area contributed by atoms with E-state index in [4.69, 9.17) is 10.5 Å². The van der Waals surface area contributed by atoms with Gasteiger partial charge >= 0.3 is 6.09 Å². The summed E-state index contributed by atoms with van der Waals surface area (Å²) in [5, 5.41) is 0. The first-order chi connectivity index (χ1) is 12.5. The number of hydrogen-bond acceptors (Lipinski definition) is 2. The van der Waals surface area contributed by atoms with Gasteiger partial charge in [0.2, 0.25) is 0 Å². The summed E-state index contributed by atoms with van der Waals surface area (Å²) in [5.41, 5.74) is 4.50. The van der Waals surface area contributed by atoms with E-state index in [9.17, 15) is 4.79 Å². The molecule has 3 heteroatoms. The largest absolute Gasteiger partial charge is 0.439 e. The third-order valence-corrected chi connectivity index (χ3v) is 5.29. The quantitative estimate of drug-likeness (QED) is 0.188. The zero-order valence-corrected chi connectivity index (χ0v) is 17.7. The van der Waals surface area contributed by atoms with E-state index in [0.29, 0.717) is 0 Å². The molecule has 1 atom stereocenters. The van der Waals surface area contributed by atoms with Crippen molar-refractivity contribution in [1.29, 1.82) is 0 Å². The molecule has 0 aromatic carbocycles. The van der Waals surface area contributed by atoms with Crippen molar-refractivity contribution in [1.82, 2.24) is 0 Å². The van der Waals surface area contributed by atoms with E-state index in [2.05, 4.69) is 13.5 Å². The van der Waals surface area contributed by atoms with Gasteiger partial charge in [-0.3, -0.25) is 0 Å². The van der Waals surface area contributed by atoms with Gasteiger partial charge in [0, 0.05) is 0 Å². The highest BCUT2D eigenvalue weighted by Crippen LogP contribution is 2.21. The van der Waals surface area contributed by atoms with Gasteiger partial charge in [-0.25, -0.2) is 4.79 Å². The fourth-order valence-electron chi connectivity index (χ4n) is 3.45. The molecule has 0 aromatic heterocycles. The monoisotopic (exact) mass is 367 g/mol. The number of primary amides is 1. The van der Waals surface area contributed by atoms with Crippen LogP contribution in [-0.4, -0.2) is 11.7 Å². The zero-order chi connectivity index (χ0) is 19.5. The summed E-state index contributed by atoms with van der Waals surface area (Å²) in [4.78, 5) is 10.9. The fourth-order valence-corrected chi connectivity index (χ4v) is 3.45.